The Kier molecular flexibility index (Phi) is 5.53. The molecular weight excluding hydrogens is 472 g/mol. The molecule has 1 N–H and O–H groups in total. The highest BCUT2D eigenvalue weighted by Gasteiger charge is 2.42. The molecule has 0 radical (unpaired) electrons. The number of hydrogen-bond donors (Lipinski definition) is 1. The zero-order chi connectivity index (χ0) is 24.8. The number of benzene rings is 2. The van der Waals surface area contributed by atoms with Gasteiger partial charge in [-0.25, -0.2) is 0 Å². The number of fused-ring (bicyclic) bond motifs is 1. The second-order valence-electron chi connectivity index (χ2n) is 8.89. The van der Waals surface area contributed by atoms with E-state index >= 15 is 0 Å². The van der Waals surface area contributed by atoms with E-state index in [1.165, 1.54) is 5.56 Å². The third-order valence-electron chi connectivity index (χ3n) is 6.85. The van der Waals surface area contributed by atoms with E-state index in [-0.39, 0.29) is 18.9 Å². The molecule has 2 atom stereocenters. The molecule has 2 aliphatic rings. The molecule has 2 aromatic heterocycles. The fourth-order valence-electron chi connectivity index (χ4n) is 5.20. The average molecular weight is 499 g/mol. The lowest BCUT2D eigenvalue weighted by Gasteiger charge is -2.28. The van der Waals surface area contributed by atoms with Crippen LogP contribution in [0.15, 0.2) is 72.9 Å². The number of anilines is 1. The number of aryl methyl sites for hydroxylation is 1. The predicted molar refractivity (Wildman–Crippen MR) is 142 cm³/mol. The Morgan fingerprint density at radius 1 is 0.972 bits per heavy atom. The van der Waals surface area contributed by atoms with Crippen LogP contribution in [0, 0.1) is 13.8 Å². The first-order chi connectivity index (χ1) is 17.5. The maximum absolute atomic E-state index is 5.89. The summed E-state index contributed by atoms with van der Waals surface area (Å²) in [5.41, 5.74) is 6.37. The summed E-state index contributed by atoms with van der Waals surface area (Å²) in [7, 11) is 1.67. The van der Waals surface area contributed by atoms with Crippen molar-refractivity contribution in [1.29, 1.82) is 0 Å². The van der Waals surface area contributed by atoms with E-state index in [4.69, 9.17) is 26.4 Å². The van der Waals surface area contributed by atoms with Gasteiger partial charge >= 0.3 is 0 Å². The van der Waals surface area contributed by atoms with Crippen molar-refractivity contribution in [2.24, 2.45) is 0 Å². The molecule has 0 unspecified atom stereocenters. The topological polar surface area (TPSA) is 60.8 Å². The molecule has 4 heterocycles. The summed E-state index contributed by atoms with van der Waals surface area (Å²) in [4.78, 5) is 6.86. The van der Waals surface area contributed by atoms with Gasteiger partial charge in [-0.3, -0.25) is 4.98 Å². The number of aromatic nitrogens is 2. The lowest BCUT2D eigenvalue weighted by Crippen LogP contribution is -2.29. The van der Waals surface area contributed by atoms with Crippen molar-refractivity contribution in [3.63, 3.8) is 0 Å². The average Bonchev–Trinajstić information content (AvgIpc) is 3.59. The molecule has 4 aromatic rings. The number of nitrogens with one attached hydrogen (secondary N) is 1. The number of thiocarbonyl (C=S) groups is 1. The second-order valence-corrected chi connectivity index (χ2v) is 9.28. The van der Waals surface area contributed by atoms with Gasteiger partial charge in [0.25, 0.3) is 0 Å². The molecule has 1 fully saturated rings. The highest BCUT2D eigenvalue weighted by molar-refractivity contribution is 7.80. The molecule has 2 aromatic carbocycles. The number of nitrogens with zero attached hydrogens (tertiary/aromatic N) is 3. The fourth-order valence-corrected chi connectivity index (χ4v) is 5.55. The van der Waals surface area contributed by atoms with Gasteiger partial charge in [-0.2, -0.15) is 0 Å². The molecule has 2 aliphatic heterocycles. The first-order valence-electron chi connectivity index (χ1n) is 11.8. The van der Waals surface area contributed by atoms with Crippen molar-refractivity contribution in [2.75, 3.05) is 18.8 Å². The molecule has 7 nitrogen and oxygen atoms in total. The summed E-state index contributed by atoms with van der Waals surface area (Å²) in [6.07, 6.45) is 1.82. The van der Waals surface area contributed by atoms with Gasteiger partial charge in [0.1, 0.15) is 5.75 Å². The Balaban J connectivity index is 1.48. The van der Waals surface area contributed by atoms with Crippen LogP contribution in [0.2, 0.25) is 0 Å². The summed E-state index contributed by atoms with van der Waals surface area (Å²) in [6, 6.07) is 22.0. The molecule has 182 valence electrons. The Morgan fingerprint density at radius 3 is 2.50 bits per heavy atom. The summed E-state index contributed by atoms with van der Waals surface area (Å²) in [5, 5.41) is 4.20. The van der Waals surface area contributed by atoms with Crippen LogP contribution in [0.4, 0.5) is 5.69 Å². The molecule has 8 heteroatoms. The van der Waals surface area contributed by atoms with Crippen LogP contribution >= 0.6 is 12.2 Å². The first-order valence-corrected chi connectivity index (χ1v) is 12.2. The smallest absolute Gasteiger partial charge is 0.231 e. The maximum atomic E-state index is 5.89. The Bertz CT molecular complexity index is 1440. The molecule has 0 aliphatic carbocycles. The van der Waals surface area contributed by atoms with Gasteiger partial charge in [-0.05, 0) is 86.2 Å². The molecule has 36 heavy (non-hydrogen) atoms. The Morgan fingerprint density at radius 2 is 1.75 bits per heavy atom. The van der Waals surface area contributed by atoms with Crippen LogP contribution in [0.1, 0.15) is 34.7 Å². The predicted octanol–water partition coefficient (Wildman–Crippen LogP) is 5.40. The number of hydrogen-bond acceptors (Lipinski definition) is 5. The van der Waals surface area contributed by atoms with Crippen molar-refractivity contribution >= 4 is 23.0 Å². The lowest BCUT2D eigenvalue weighted by atomic mass is 9.96. The van der Waals surface area contributed by atoms with E-state index in [9.17, 15) is 0 Å². The summed E-state index contributed by atoms with van der Waals surface area (Å²) in [6.45, 7) is 4.52. The summed E-state index contributed by atoms with van der Waals surface area (Å²) >= 11 is 5.89. The van der Waals surface area contributed by atoms with E-state index in [2.05, 4.69) is 45.7 Å². The highest BCUT2D eigenvalue weighted by Crippen LogP contribution is 2.44. The Labute approximate surface area is 215 Å². The largest absolute Gasteiger partial charge is 0.497 e. The van der Waals surface area contributed by atoms with Crippen LogP contribution in [0.5, 0.6) is 17.2 Å². The van der Waals surface area contributed by atoms with Crippen LogP contribution in [0.3, 0.4) is 0 Å². The van der Waals surface area contributed by atoms with Crippen molar-refractivity contribution in [3.05, 3.63) is 95.6 Å². The number of rotatable bonds is 5. The summed E-state index contributed by atoms with van der Waals surface area (Å²) < 4.78 is 18.8. The summed E-state index contributed by atoms with van der Waals surface area (Å²) in [5.74, 6) is 2.33. The van der Waals surface area contributed by atoms with Gasteiger partial charge in [-0.15, -0.1) is 0 Å². The third kappa shape index (κ3) is 3.65. The minimum absolute atomic E-state index is 0.102. The van der Waals surface area contributed by atoms with Crippen molar-refractivity contribution in [3.8, 4) is 22.9 Å². The minimum Gasteiger partial charge on any atom is -0.497 e. The van der Waals surface area contributed by atoms with Crippen LogP contribution in [-0.2, 0) is 0 Å². The van der Waals surface area contributed by atoms with Gasteiger partial charge in [0.2, 0.25) is 6.79 Å². The minimum atomic E-state index is -0.119. The molecule has 6 rings (SSSR count). The number of pyridine rings is 1. The molecule has 0 spiro atoms. The monoisotopic (exact) mass is 498 g/mol. The van der Waals surface area contributed by atoms with E-state index in [0.717, 1.165) is 45.7 Å². The second kappa shape index (κ2) is 8.87. The third-order valence-corrected chi connectivity index (χ3v) is 7.17. The maximum Gasteiger partial charge on any atom is 0.231 e. The molecule has 0 bridgehead atoms. The van der Waals surface area contributed by atoms with Gasteiger partial charge in [-0.1, -0.05) is 6.07 Å². The van der Waals surface area contributed by atoms with Gasteiger partial charge in [0, 0.05) is 35.0 Å². The van der Waals surface area contributed by atoms with Gasteiger partial charge in [0.05, 0.1) is 24.9 Å². The van der Waals surface area contributed by atoms with Crippen LogP contribution < -0.4 is 24.4 Å². The standard InChI is InChI=1S/C28H26N4O3S/c1-17-14-22(18(2)31(17)20-9-12-24-25(15-20)35-16-34-24)27-26(23-6-4-5-13-29-23)30-28(36)32(27)19-7-10-21(33-3)11-8-19/h4-15,26-27H,16H2,1-3H3,(H,30,36)/t26-,27-/m0/s1. The molecule has 0 saturated carbocycles. The van der Waals surface area contributed by atoms with E-state index in [1.807, 2.05) is 60.8 Å². The van der Waals surface area contributed by atoms with Crippen molar-refractivity contribution in [2.45, 2.75) is 25.9 Å². The van der Waals surface area contributed by atoms with Gasteiger partial charge in [0.15, 0.2) is 16.6 Å². The Hall–Kier alpha value is -4.04. The van der Waals surface area contributed by atoms with Gasteiger partial charge < -0.3 is 29.0 Å². The molecule has 0 amide bonds. The normalized spacial score (nSPS) is 18.4. The van der Waals surface area contributed by atoms with E-state index in [0.29, 0.717) is 5.11 Å². The number of ether oxygens (including phenoxy) is 3. The SMILES string of the molecule is COc1ccc(N2C(=S)N[C@@H](c3ccccn3)[C@@H]2c2cc(C)n(-c3ccc4c(c3)OCO4)c2C)cc1. The highest BCUT2D eigenvalue weighted by atomic mass is 32.1. The van der Waals surface area contributed by atoms with E-state index < -0.39 is 0 Å². The first kappa shape index (κ1) is 22.4. The zero-order valence-electron chi connectivity index (χ0n) is 20.3. The molecular formula is C28H26N4O3S. The van der Waals surface area contributed by atoms with Crippen molar-refractivity contribution < 1.29 is 14.2 Å². The number of methoxy groups -OCH3 is 1. The van der Waals surface area contributed by atoms with Crippen LogP contribution in [0.25, 0.3) is 5.69 Å². The van der Waals surface area contributed by atoms with Crippen LogP contribution in [-0.4, -0.2) is 28.6 Å². The lowest BCUT2D eigenvalue weighted by molar-refractivity contribution is 0.174. The van der Waals surface area contributed by atoms with Crippen molar-refractivity contribution in [1.82, 2.24) is 14.9 Å². The molecule has 1 saturated heterocycles. The van der Waals surface area contributed by atoms with E-state index in [1.54, 1.807) is 7.11 Å². The zero-order valence-corrected chi connectivity index (χ0v) is 21.1. The quantitative estimate of drug-likeness (QED) is 0.370. The fraction of sp³-hybridized carbons (Fsp3) is 0.214.